The van der Waals surface area contributed by atoms with Crippen LogP contribution in [0.1, 0.15) is 31.9 Å². The molecule has 1 N–H and O–H groups in total. The number of rotatable bonds is 3. The Kier molecular flexibility index (Phi) is 4.15. The van der Waals surface area contributed by atoms with Crippen molar-refractivity contribution >= 4 is 16.7 Å². The van der Waals surface area contributed by atoms with Crippen LogP contribution in [0.3, 0.4) is 0 Å². The van der Waals surface area contributed by atoms with E-state index in [-0.39, 0.29) is 12.0 Å². The van der Waals surface area contributed by atoms with Gasteiger partial charge in [-0.3, -0.25) is 10.2 Å². The van der Waals surface area contributed by atoms with Crippen LogP contribution < -0.4 is 10.2 Å². The summed E-state index contributed by atoms with van der Waals surface area (Å²) in [6.45, 7) is 3.23. The lowest BCUT2D eigenvalue weighted by molar-refractivity contribution is -0.203. The van der Waals surface area contributed by atoms with E-state index >= 15 is 0 Å². The molecule has 1 saturated heterocycles. The fourth-order valence-electron chi connectivity index (χ4n) is 3.31. The van der Waals surface area contributed by atoms with Gasteiger partial charge >= 0.3 is 6.18 Å². The van der Waals surface area contributed by atoms with Crippen LogP contribution in [0.2, 0.25) is 0 Å². The number of alkyl halides is 3. The second-order valence-corrected chi connectivity index (χ2v) is 6.78. The zero-order chi connectivity index (χ0) is 18.4. The number of carbonyl (C=O) groups excluding carboxylic acids is 1. The molecule has 1 amide bonds. The van der Waals surface area contributed by atoms with Crippen LogP contribution in [0.5, 0.6) is 5.75 Å². The lowest BCUT2D eigenvalue weighted by Crippen LogP contribution is -2.51. The molecule has 2 aromatic carbocycles. The Morgan fingerprint density at radius 2 is 1.96 bits per heavy atom. The van der Waals surface area contributed by atoms with E-state index in [9.17, 15) is 18.0 Å². The highest BCUT2D eigenvalue weighted by molar-refractivity contribution is 5.89. The average Bonchev–Trinajstić information content (AvgIpc) is 2.77. The molecule has 0 aliphatic carbocycles. The molecule has 3 rings (SSSR count). The molecule has 0 radical (unpaired) electrons. The van der Waals surface area contributed by atoms with Gasteiger partial charge in [0.25, 0.3) is 0 Å². The summed E-state index contributed by atoms with van der Waals surface area (Å²) in [6.07, 6.45) is -4.54. The molecule has 1 unspecified atom stereocenters. The van der Waals surface area contributed by atoms with Crippen LogP contribution in [0, 0.1) is 0 Å². The summed E-state index contributed by atoms with van der Waals surface area (Å²) in [5, 5.41) is 2.39. The molecule has 0 saturated carbocycles. The first-order valence-electron chi connectivity index (χ1n) is 7.86. The molecule has 0 spiro atoms. The van der Waals surface area contributed by atoms with Gasteiger partial charge in [-0.15, -0.1) is 0 Å². The summed E-state index contributed by atoms with van der Waals surface area (Å²) in [4.78, 5) is 11.7. The number of nitrogens with one attached hydrogen (secondary N) is 1. The Balaban J connectivity index is 2.15. The highest BCUT2D eigenvalue weighted by atomic mass is 19.4. The summed E-state index contributed by atoms with van der Waals surface area (Å²) in [5.74, 6) is 0.0858. The molecule has 1 aliphatic heterocycles. The van der Waals surface area contributed by atoms with Gasteiger partial charge in [-0.2, -0.15) is 18.2 Å². The van der Waals surface area contributed by atoms with Crippen molar-refractivity contribution in [1.29, 1.82) is 0 Å². The number of benzene rings is 2. The SMILES string of the molecule is COc1cccc2ccc(C(N3NC(=O)CC3(C)C)C(F)(F)F)cc12. The second-order valence-electron chi connectivity index (χ2n) is 6.78. The Labute approximate surface area is 143 Å². The molecular weight excluding hydrogens is 333 g/mol. The first-order chi connectivity index (χ1) is 11.6. The summed E-state index contributed by atoms with van der Waals surface area (Å²) >= 11 is 0. The molecular formula is C18H19F3N2O2. The number of amides is 1. The van der Waals surface area contributed by atoms with Gasteiger partial charge < -0.3 is 4.74 Å². The van der Waals surface area contributed by atoms with Crippen LogP contribution in [0.25, 0.3) is 10.8 Å². The van der Waals surface area contributed by atoms with Crippen molar-refractivity contribution in [2.45, 2.75) is 38.0 Å². The van der Waals surface area contributed by atoms with Gasteiger partial charge in [0.2, 0.25) is 5.91 Å². The van der Waals surface area contributed by atoms with Crippen molar-refractivity contribution in [2.24, 2.45) is 0 Å². The number of ether oxygens (including phenoxy) is 1. The second kappa shape index (κ2) is 5.91. The third kappa shape index (κ3) is 3.16. The molecule has 4 nitrogen and oxygen atoms in total. The number of fused-ring (bicyclic) bond motifs is 1. The van der Waals surface area contributed by atoms with Crippen molar-refractivity contribution in [3.05, 3.63) is 42.0 Å². The van der Waals surface area contributed by atoms with Gasteiger partial charge in [0.15, 0.2) is 6.04 Å². The third-order valence-corrected chi connectivity index (χ3v) is 4.46. The maximum absolute atomic E-state index is 13.9. The van der Waals surface area contributed by atoms with Crippen molar-refractivity contribution in [1.82, 2.24) is 10.4 Å². The summed E-state index contributed by atoms with van der Waals surface area (Å²) < 4.78 is 46.9. The Bertz CT molecular complexity index is 818. The molecule has 7 heteroatoms. The molecule has 1 atom stereocenters. The van der Waals surface area contributed by atoms with E-state index in [1.165, 1.54) is 19.2 Å². The quantitative estimate of drug-likeness (QED) is 0.909. The van der Waals surface area contributed by atoms with Gasteiger partial charge in [0.1, 0.15) is 5.75 Å². The molecule has 134 valence electrons. The number of methoxy groups -OCH3 is 1. The first kappa shape index (κ1) is 17.5. The van der Waals surface area contributed by atoms with Crippen molar-refractivity contribution in [3.8, 4) is 5.75 Å². The molecule has 2 aromatic rings. The number of nitrogens with zero attached hydrogens (tertiary/aromatic N) is 1. The third-order valence-electron chi connectivity index (χ3n) is 4.46. The van der Waals surface area contributed by atoms with Crippen LogP contribution in [-0.2, 0) is 4.79 Å². The van der Waals surface area contributed by atoms with Crippen LogP contribution >= 0.6 is 0 Å². The van der Waals surface area contributed by atoms with Crippen molar-refractivity contribution < 1.29 is 22.7 Å². The van der Waals surface area contributed by atoms with E-state index in [1.54, 1.807) is 32.0 Å². The lowest BCUT2D eigenvalue weighted by Gasteiger charge is -2.38. The minimum atomic E-state index is -4.55. The van der Waals surface area contributed by atoms with E-state index in [0.29, 0.717) is 11.1 Å². The Morgan fingerprint density at radius 3 is 2.52 bits per heavy atom. The summed E-state index contributed by atoms with van der Waals surface area (Å²) in [5.41, 5.74) is 1.47. The van der Waals surface area contributed by atoms with Gasteiger partial charge in [-0.05, 0) is 36.9 Å². The van der Waals surface area contributed by atoms with E-state index in [2.05, 4.69) is 5.43 Å². The maximum atomic E-state index is 13.9. The normalized spacial score (nSPS) is 19.0. The molecule has 25 heavy (non-hydrogen) atoms. The monoisotopic (exact) mass is 352 g/mol. The minimum absolute atomic E-state index is 0.0104. The van der Waals surface area contributed by atoms with Gasteiger partial charge in [-0.25, -0.2) is 0 Å². The van der Waals surface area contributed by atoms with Crippen molar-refractivity contribution in [3.63, 3.8) is 0 Å². The van der Waals surface area contributed by atoms with Crippen LogP contribution in [-0.4, -0.2) is 29.7 Å². The zero-order valence-electron chi connectivity index (χ0n) is 14.1. The molecule has 1 fully saturated rings. The van der Waals surface area contributed by atoms with Gasteiger partial charge in [0, 0.05) is 17.3 Å². The molecule has 1 aliphatic rings. The predicted molar refractivity (Wildman–Crippen MR) is 88.0 cm³/mol. The van der Waals surface area contributed by atoms with E-state index in [4.69, 9.17) is 4.74 Å². The van der Waals surface area contributed by atoms with E-state index in [1.807, 2.05) is 6.07 Å². The largest absolute Gasteiger partial charge is 0.496 e. The first-order valence-corrected chi connectivity index (χ1v) is 7.86. The highest BCUT2D eigenvalue weighted by Crippen LogP contribution is 2.43. The number of hydrogen-bond donors (Lipinski definition) is 1. The van der Waals surface area contributed by atoms with Gasteiger partial charge in [0.05, 0.1) is 7.11 Å². The zero-order valence-corrected chi connectivity index (χ0v) is 14.1. The number of hydrogen-bond acceptors (Lipinski definition) is 3. The molecule has 0 aromatic heterocycles. The van der Waals surface area contributed by atoms with E-state index in [0.717, 1.165) is 10.4 Å². The Hall–Kier alpha value is -2.28. The number of halogens is 3. The van der Waals surface area contributed by atoms with Crippen LogP contribution in [0.4, 0.5) is 13.2 Å². The fraction of sp³-hybridized carbons (Fsp3) is 0.389. The number of hydrazine groups is 1. The van der Waals surface area contributed by atoms with Gasteiger partial charge in [-0.1, -0.05) is 24.3 Å². The highest BCUT2D eigenvalue weighted by Gasteiger charge is 2.53. The van der Waals surface area contributed by atoms with E-state index < -0.39 is 23.7 Å². The smallest absolute Gasteiger partial charge is 0.409 e. The van der Waals surface area contributed by atoms with Crippen molar-refractivity contribution in [2.75, 3.05) is 7.11 Å². The average molecular weight is 352 g/mol. The maximum Gasteiger partial charge on any atom is 0.409 e. The predicted octanol–water partition coefficient (Wildman–Crippen LogP) is 3.97. The standard InChI is InChI=1S/C18H19F3N2O2/c1-17(2)10-15(24)22-23(17)16(18(19,20)21)12-8-7-11-5-4-6-14(25-3)13(11)9-12/h4-9,16H,10H2,1-3H3,(H,22,24). The summed E-state index contributed by atoms with van der Waals surface area (Å²) in [7, 11) is 1.48. The molecule has 1 heterocycles. The topological polar surface area (TPSA) is 41.6 Å². The summed E-state index contributed by atoms with van der Waals surface area (Å²) in [6, 6.07) is 7.92. The minimum Gasteiger partial charge on any atom is -0.496 e. The molecule has 0 bridgehead atoms. The Morgan fingerprint density at radius 1 is 1.24 bits per heavy atom. The van der Waals surface area contributed by atoms with Crippen LogP contribution in [0.15, 0.2) is 36.4 Å². The lowest BCUT2D eigenvalue weighted by atomic mass is 9.95. The fourth-order valence-corrected chi connectivity index (χ4v) is 3.31. The number of carbonyl (C=O) groups is 1.